The van der Waals surface area contributed by atoms with Gasteiger partial charge in [0.1, 0.15) is 17.4 Å². The largest absolute Gasteiger partial charge is 0.486 e. The van der Waals surface area contributed by atoms with E-state index in [1.165, 1.54) is 0 Å². The Balaban J connectivity index is 2.13. The lowest BCUT2D eigenvalue weighted by molar-refractivity contribution is 0.190. The van der Waals surface area contributed by atoms with Gasteiger partial charge >= 0.3 is 0 Å². The van der Waals surface area contributed by atoms with E-state index in [1.807, 2.05) is 25.1 Å². The van der Waals surface area contributed by atoms with Gasteiger partial charge in [-0.15, -0.1) is 11.3 Å². The first-order chi connectivity index (χ1) is 9.77. The molecule has 1 aromatic carbocycles. The van der Waals surface area contributed by atoms with E-state index < -0.39 is 6.10 Å². The Morgan fingerprint density at radius 3 is 2.62 bits per heavy atom. The number of thiazole rings is 1. The van der Waals surface area contributed by atoms with E-state index in [0.29, 0.717) is 6.61 Å². The van der Waals surface area contributed by atoms with Crippen LogP contribution in [0.15, 0.2) is 23.6 Å². The maximum absolute atomic E-state index is 9.81. The lowest BCUT2D eigenvalue weighted by Crippen LogP contribution is -2.11. The molecule has 0 spiro atoms. The third-order valence-electron chi connectivity index (χ3n) is 3.29. The Kier molecular flexibility index (Phi) is 4.69. The molecule has 0 aliphatic rings. The molecule has 0 amide bonds. The van der Waals surface area contributed by atoms with Crippen LogP contribution in [0.4, 0.5) is 0 Å². The predicted octanol–water partition coefficient (Wildman–Crippen LogP) is 4.38. The summed E-state index contributed by atoms with van der Waals surface area (Å²) in [5.41, 5.74) is 3.08. The average Bonchev–Trinajstić information content (AvgIpc) is 2.84. The zero-order chi connectivity index (χ0) is 15.6. The molecule has 114 valence electrons. The van der Waals surface area contributed by atoms with Crippen molar-refractivity contribution in [3.63, 3.8) is 0 Å². The van der Waals surface area contributed by atoms with Gasteiger partial charge < -0.3 is 9.84 Å². The van der Waals surface area contributed by atoms with Gasteiger partial charge in [0.2, 0.25) is 0 Å². The van der Waals surface area contributed by atoms with Crippen LogP contribution in [0.3, 0.4) is 0 Å². The van der Waals surface area contributed by atoms with Gasteiger partial charge in [-0.05, 0) is 25.5 Å². The number of rotatable bonds is 4. The molecule has 0 radical (unpaired) electrons. The third kappa shape index (κ3) is 4.05. The van der Waals surface area contributed by atoms with E-state index in [-0.39, 0.29) is 5.41 Å². The number of hydrogen-bond acceptors (Lipinski definition) is 4. The van der Waals surface area contributed by atoms with Crippen LogP contribution in [0.5, 0.6) is 5.75 Å². The normalized spacial score (nSPS) is 13.2. The molecule has 0 bridgehead atoms. The molecule has 21 heavy (non-hydrogen) atoms. The first-order valence-corrected chi connectivity index (χ1v) is 8.01. The smallest absolute Gasteiger partial charge is 0.140 e. The number of aromatic nitrogens is 1. The molecule has 0 saturated carbocycles. The summed E-state index contributed by atoms with van der Waals surface area (Å²) in [6.45, 7) is 10.7. The third-order valence-corrected chi connectivity index (χ3v) is 4.11. The second-order valence-electron chi connectivity index (χ2n) is 6.38. The zero-order valence-corrected chi connectivity index (χ0v) is 14.1. The Hall–Kier alpha value is -1.39. The predicted molar refractivity (Wildman–Crippen MR) is 87.0 cm³/mol. The number of ether oxygens (including phenoxy) is 1. The van der Waals surface area contributed by atoms with E-state index in [2.05, 4.69) is 31.1 Å². The quantitative estimate of drug-likeness (QED) is 0.911. The molecule has 1 atom stereocenters. The highest BCUT2D eigenvalue weighted by Crippen LogP contribution is 2.28. The molecule has 2 rings (SSSR count). The molecular formula is C17H23NO2S. The molecule has 3 nitrogen and oxygen atoms in total. The van der Waals surface area contributed by atoms with Crippen LogP contribution in [0.25, 0.3) is 0 Å². The summed E-state index contributed by atoms with van der Waals surface area (Å²) in [7, 11) is 0. The molecular weight excluding hydrogens is 282 g/mol. The molecule has 1 aromatic heterocycles. The Morgan fingerprint density at radius 2 is 2.05 bits per heavy atom. The Labute approximate surface area is 130 Å². The number of benzene rings is 1. The lowest BCUT2D eigenvalue weighted by Gasteiger charge is -2.15. The van der Waals surface area contributed by atoms with Crippen molar-refractivity contribution >= 4 is 11.3 Å². The molecule has 0 aliphatic heterocycles. The highest BCUT2D eigenvalue weighted by atomic mass is 32.1. The Bertz CT molecular complexity index is 611. The summed E-state index contributed by atoms with van der Waals surface area (Å²) in [6, 6.07) is 5.86. The molecule has 4 heteroatoms. The minimum Gasteiger partial charge on any atom is -0.486 e. The standard InChI is InChI=1S/C17H23NO2S/c1-11-6-7-13(12(2)19)14(8-11)20-9-16-18-15(10-21-16)17(3,4)5/h6-8,10,12,19H,9H2,1-5H3/t12-/m1/s1. The molecule has 0 unspecified atom stereocenters. The van der Waals surface area contributed by atoms with Gasteiger partial charge in [0.15, 0.2) is 0 Å². The molecule has 1 heterocycles. The van der Waals surface area contributed by atoms with Crippen molar-refractivity contribution in [1.82, 2.24) is 4.98 Å². The molecule has 0 aliphatic carbocycles. The van der Waals surface area contributed by atoms with Crippen molar-refractivity contribution < 1.29 is 9.84 Å². The fraction of sp³-hybridized carbons (Fsp3) is 0.471. The van der Waals surface area contributed by atoms with Crippen LogP contribution in [0, 0.1) is 6.92 Å². The highest BCUT2D eigenvalue weighted by Gasteiger charge is 2.18. The minimum absolute atomic E-state index is 0.0584. The highest BCUT2D eigenvalue weighted by molar-refractivity contribution is 7.09. The number of nitrogens with zero attached hydrogens (tertiary/aromatic N) is 1. The fourth-order valence-electron chi connectivity index (χ4n) is 1.97. The van der Waals surface area contributed by atoms with E-state index >= 15 is 0 Å². The van der Waals surface area contributed by atoms with Crippen LogP contribution >= 0.6 is 11.3 Å². The van der Waals surface area contributed by atoms with E-state index in [0.717, 1.165) is 27.6 Å². The van der Waals surface area contributed by atoms with Crippen molar-refractivity contribution in [1.29, 1.82) is 0 Å². The molecule has 0 fully saturated rings. The molecule has 0 saturated heterocycles. The number of aliphatic hydroxyl groups is 1. The van der Waals surface area contributed by atoms with Gasteiger partial charge in [-0.2, -0.15) is 0 Å². The maximum atomic E-state index is 9.81. The van der Waals surface area contributed by atoms with Gasteiger partial charge in [0.05, 0.1) is 11.8 Å². The fourth-order valence-corrected chi connectivity index (χ4v) is 2.90. The van der Waals surface area contributed by atoms with Gasteiger partial charge in [-0.1, -0.05) is 32.9 Å². The number of hydrogen-bond donors (Lipinski definition) is 1. The summed E-state index contributed by atoms with van der Waals surface area (Å²) in [5.74, 6) is 0.734. The number of aryl methyl sites for hydroxylation is 1. The van der Waals surface area contributed by atoms with Gasteiger partial charge in [0.25, 0.3) is 0 Å². The van der Waals surface area contributed by atoms with Crippen LogP contribution in [-0.2, 0) is 12.0 Å². The van der Waals surface area contributed by atoms with Crippen LogP contribution in [0.2, 0.25) is 0 Å². The van der Waals surface area contributed by atoms with Crippen molar-refractivity contribution in [2.24, 2.45) is 0 Å². The van der Waals surface area contributed by atoms with Crippen molar-refractivity contribution in [2.45, 2.75) is 52.7 Å². The molecule has 2 aromatic rings. The van der Waals surface area contributed by atoms with E-state index in [1.54, 1.807) is 18.3 Å². The molecule has 1 N–H and O–H groups in total. The number of aliphatic hydroxyl groups excluding tert-OH is 1. The van der Waals surface area contributed by atoms with Gasteiger partial charge in [0, 0.05) is 16.4 Å². The van der Waals surface area contributed by atoms with Crippen molar-refractivity contribution in [2.75, 3.05) is 0 Å². The summed E-state index contributed by atoms with van der Waals surface area (Å²) in [5, 5.41) is 12.9. The second-order valence-corrected chi connectivity index (χ2v) is 7.33. The van der Waals surface area contributed by atoms with Gasteiger partial charge in [-0.25, -0.2) is 4.98 Å². The summed E-state index contributed by atoms with van der Waals surface area (Å²) in [6.07, 6.45) is -0.540. The van der Waals surface area contributed by atoms with Crippen LogP contribution < -0.4 is 4.74 Å². The minimum atomic E-state index is -0.540. The van der Waals surface area contributed by atoms with E-state index in [4.69, 9.17) is 4.74 Å². The average molecular weight is 305 g/mol. The second kappa shape index (κ2) is 6.16. The zero-order valence-electron chi connectivity index (χ0n) is 13.3. The van der Waals surface area contributed by atoms with Crippen molar-refractivity contribution in [3.8, 4) is 5.75 Å². The van der Waals surface area contributed by atoms with E-state index in [9.17, 15) is 5.11 Å². The Morgan fingerprint density at radius 1 is 1.33 bits per heavy atom. The monoisotopic (exact) mass is 305 g/mol. The lowest BCUT2D eigenvalue weighted by atomic mass is 9.93. The summed E-state index contributed by atoms with van der Waals surface area (Å²) in [4.78, 5) is 4.62. The summed E-state index contributed by atoms with van der Waals surface area (Å²) < 4.78 is 5.88. The van der Waals surface area contributed by atoms with Crippen LogP contribution in [-0.4, -0.2) is 10.1 Å². The summed E-state index contributed by atoms with van der Waals surface area (Å²) >= 11 is 1.62. The SMILES string of the molecule is Cc1ccc([C@@H](C)O)c(OCc2nc(C(C)(C)C)cs2)c1. The van der Waals surface area contributed by atoms with Crippen LogP contribution in [0.1, 0.15) is 55.6 Å². The van der Waals surface area contributed by atoms with Gasteiger partial charge in [-0.3, -0.25) is 0 Å². The first-order valence-electron chi connectivity index (χ1n) is 7.13. The topological polar surface area (TPSA) is 42.4 Å². The first kappa shape index (κ1) is 16.0. The van der Waals surface area contributed by atoms with Crippen molar-refractivity contribution in [3.05, 3.63) is 45.4 Å². The maximum Gasteiger partial charge on any atom is 0.140 e.